The first-order valence-corrected chi connectivity index (χ1v) is 6.48. The molecular weight excluding hydrogens is 275 g/mol. The predicted octanol–water partition coefficient (Wildman–Crippen LogP) is 2.17. The van der Waals surface area contributed by atoms with Crippen LogP contribution in [0, 0.1) is 19.7 Å². The normalized spacial score (nSPS) is 10.5. The van der Waals surface area contributed by atoms with Crippen LogP contribution in [-0.2, 0) is 4.74 Å². The van der Waals surface area contributed by atoms with E-state index in [1.54, 1.807) is 26.8 Å². The third-order valence-corrected chi connectivity index (χ3v) is 3.01. The Morgan fingerprint density at radius 2 is 2.10 bits per heavy atom. The molecule has 6 heteroatoms. The zero-order valence-corrected chi connectivity index (χ0v) is 12.0. The molecule has 2 rings (SSSR count). The number of aromatic nitrogens is 2. The SMILES string of the molecule is CCOC(=O)c1c(C)cc(C)n(-c2ccc(F)cn2)c1=O. The molecule has 0 unspecified atom stereocenters. The lowest BCUT2D eigenvalue weighted by Gasteiger charge is -2.13. The van der Waals surface area contributed by atoms with E-state index in [0.717, 1.165) is 6.20 Å². The van der Waals surface area contributed by atoms with Gasteiger partial charge in [-0.2, -0.15) is 0 Å². The molecule has 0 bridgehead atoms. The van der Waals surface area contributed by atoms with E-state index in [4.69, 9.17) is 4.74 Å². The van der Waals surface area contributed by atoms with E-state index in [-0.39, 0.29) is 18.0 Å². The summed E-state index contributed by atoms with van der Waals surface area (Å²) in [7, 11) is 0. The van der Waals surface area contributed by atoms with Crippen molar-refractivity contribution in [2.45, 2.75) is 20.8 Å². The largest absolute Gasteiger partial charge is 0.462 e. The number of rotatable bonds is 3. The molecule has 0 aliphatic heterocycles. The van der Waals surface area contributed by atoms with Crippen molar-refractivity contribution in [1.82, 2.24) is 9.55 Å². The van der Waals surface area contributed by atoms with Gasteiger partial charge in [0.05, 0.1) is 12.8 Å². The summed E-state index contributed by atoms with van der Waals surface area (Å²) in [6, 6.07) is 4.28. The van der Waals surface area contributed by atoms with Crippen molar-refractivity contribution < 1.29 is 13.9 Å². The van der Waals surface area contributed by atoms with E-state index in [0.29, 0.717) is 11.3 Å². The maximum atomic E-state index is 13.0. The fraction of sp³-hybridized carbons (Fsp3) is 0.267. The number of hydrogen-bond donors (Lipinski definition) is 0. The fourth-order valence-electron chi connectivity index (χ4n) is 2.13. The van der Waals surface area contributed by atoms with Gasteiger partial charge >= 0.3 is 5.97 Å². The summed E-state index contributed by atoms with van der Waals surface area (Å²) >= 11 is 0. The predicted molar refractivity (Wildman–Crippen MR) is 75.2 cm³/mol. The van der Waals surface area contributed by atoms with Gasteiger partial charge in [0.15, 0.2) is 0 Å². The van der Waals surface area contributed by atoms with E-state index in [2.05, 4.69) is 4.98 Å². The first-order valence-electron chi connectivity index (χ1n) is 6.48. The smallest absolute Gasteiger partial charge is 0.344 e. The molecule has 0 aliphatic rings. The average Bonchev–Trinajstić information content (AvgIpc) is 2.40. The van der Waals surface area contributed by atoms with Gasteiger partial charge in [0.1, 0.15) is 17.2 Å². The number of halogens is 1. The maximum absolute atomic E-state index is 13.0. The molecule has 0 radical (unpaired) electrons. The van der Waals surface area contributed by atoms with Gasteiger partial charge in [-0.3, -0.25) is 9.36 Å². The summed E-state index contributed by atoms with van der Waals surface area (Å²) in [5, 5.41) is 0. The molecule has 110 valence electrons. The molecule has 21 heavy (non-hydrogen) atoms. The van der Waals surface area contributed by atoms with Crippen LogP contribution in [0.2, 0.25) is 0 Å². The summed E-state index contributed by atoms with van der Waals surface area (Å²) in [5.41, 5.74) is 0.581. The van der Waals surface area contributed by atoms with E-state index in [1.165, 1.54) is 16.7 Å². The van der Waals surface area contributed by atoms with Gasteiger partial charge in [-0.25, -0.2) is 14.2 Å². The summed E-state index contributed by atoms with van der Waals surface area (Å²) < 4.78 is 19.1. The third-order valence-electron chi connectivity index (χ3n) is 3.01. The Kier molecular flexibility index (Phi) is 4.16. The second-order valence-electron chi connectivity index (χ2n) is 4.54. The van der Waals surface area contributed by atoms with Crippen molar-refractivity contribution in [2.24, 2.45) is 0 Å². The van der Waals surface area contributed by atoms with E-state index in [9.17, 15) is 14.0 Å². The molecule has 0 atom stereocenters. The first kappa shape index (κ1) is 14.9. The summed E-state index contributed by atoms with van der Waals surface area (Å²) in [6.07, 6.45) is 1.02. The van der Waals surface area contributed by atoms with Crippen molar-refractivity contribution in [3.63, 3.8) is 0 Å². The lowest BCUT2D eigenvalue weighted by atomic mass is 10.1. The molecule has 0 saturated carbocycles. The number of aryl methyl sites for hydroxylation is 2. The molecule has 0 amide bonds. The van der Waals surface area contributed by atoms with Crippen molar-refractivity contribution >= 4 is 5.97 Å². The zero-order valence-electron chi connectivity index (χ0n) is 12.0. The second kappa shape index (κ2) is 5.87. The van der Waals surface area contributed by atoms with Crippen LogP contribution in [0.15, 0.2) is 29.2 Å². The van der Waals surface area contributed by atoms with Crippen LogP contribution in [0.1, 0.15) is 28.5 Å². The van der Waals surface area contributed by atoms with Crippen LogP contribution >= 0.6 is 0 Å². The minimum atomic E-state index is -0.670. The molecule has 5 nitrogen and oxygen atoms in total. The topological polar surface area (TPSA) is 61.2 Å². The van der Waals surface area contributed by atoms with Crippen LogP contribution in [0.3, 0.4) is 0 Å². The van der Waals surface area contributed by atoms with Gasteiger partial charge in [-0.1, -0.05) is 0 Å². The lowest BCUT2D eigenvalue weighted by Crippen LogP contribution is -2.29. The molecule has 2 heterocycles. The highest BCUT2D eigenvalue weighted by Gasteiger charge is 2.19. The van der Waals surface area contributed by atoms with Gasteiger partial charge in [0, 0.05) is 5.69 Å². The number of pyridine rings is 2. The molecule has 0 aromatic carbocycles. The Labute approximate surface area is 121 Å². The maximum Gasteiger partial charge on any atom is 0.344 e. The number of ether oxygens (including phenoxy) is 1. The molecule has 0 N–H and O–H groups in total. The zero-order chi connectivity index (χ0) is 15.6. The van der Waals surface area contributed by atoms with Crippen LogP contribution in [0.25, 0.3) is 5.82 Å². The van der Waals surface area contributed by atoms with Crippen molar-refractivity contribution in [2.75, 3.05) is 6.61 Å². The third kappa shape index (κ3) is 2.84. The Bertz CT molecular complexity index is 736. The molecule has 0 aliphatic carbocycles. The quantitative estimate of drug-likeness (QED) is 0.813. The lowest BCUT2D eigenvalue weighted by molar-refractivity contribution is 0.0523. The van der Waals surface area contributed by atoms with Crippen molar-refractivity contribution in [3.05, 3.63) is 57.4 Å². The van der Waals surface area contributed by atoms with Crippen LogP contribution in [-0.4, -0.2) is 22.1 Å². The average molecular weight is 290 g/mol. The second-order valence-corrected chi connectivity index (χ2v) is 4.54. The summed E-state index contributed by atoms with van der Waals surface area (Å²) in [4.78, 5) is 28.3. The Balaban J connectivity index is 2.67. The molecule has 0 saturated heterocycles. The number of nitrogens with zero attached hydrogens (tertiary/aromatic N) is 2. The molecule has 0 fully saturated rings. The Hall–Kier alpha value is -2.50. The summed E-state index contributed by atoms with van der Waals surface area (Å²) in [6.45, 7) is 5.24. The van der Waals surface area contributed by atoms with Crippen LogP contribution in [0.4, 0.5) is 4.39 Å². The van der Waals surface area contributed by atoms with Gasteiger partial charge in [0.2, 0.25) is 0 Å². The minimum Gasteiger partial charge on any atom is -0.462 e. The monoisotopic (exact) mass is 290 g/mol. The molecule has 2 aromatic heterocycles. The van der Waals surface area contributed by atoms with Gasteiger partial charge in [-0.15, -0.1) is 0 Å². The number of carbonyl (C=O) groups excluding carboxylic acids is 1. The van der Waals surface area contributed by atoms with Gasteiger partial charge in [0.25, 0.3) is 5.56 Å². The van der Waals surface area contributed by atoms with Crippen molar-refractivity contribution in [3.8, 4) is 5.82 Å². The number of hydrogen-bond acceptors (Lipinski definition) is 4. The van der Waals surface area contributed by atoms with Gasteiger partial charge in [-0.05, 0) is 44.5 Å². The standard InChI is InChI=1S/C15H15FN2O3/c1-4-21-15(20)13-9(2)7-10(3)18(14(13)19)12-6-5-11(16)8-17-12/h5-8H,4H2,1-3H3. The van der Waals surface area contributed by atoms with E-state index >= 15 is 0 Å². The molecule has 2 aromatic rings. The summed E-state index contributed by atoms with van der Waals surface area (Å²) in [5.74, 6) is -0.914. The molecule has 0 spiro atoms. The highest BCUT2D eigenvalue weighted by Crippen LogP contribution is 2.12. The van der Waals surface area contributed by atoms with Crippen LogP contribution in [0.5, 0.6) is 0 Å². The fourth-order valence-corrected chi connectivity index (χ4v) is 2.13. The van der Waals surface area contributed by atoms with E-state index < -0.39 is 17.3 Å². The highest BCUT2D eigenvalue weighted by atomic mass is 19.1. The van der Waals surface area contributed by atoms with Gasteiger partial charge < -0.3 is 4.74 Å². The minimum absolute atomic E-state index is 0.0337. The van der Waals surface area contributed by atoms with Crippen LogP contribution < -0.4 is 5.56 Å². The van der Waals surface area contributed by atoms with E-state index in [1.807, 2.05) is 0 Å². The first-order chi connectivity index (χ1) is 9.95. The molecular formula is C15H15FN2O3. The highest BCUT2D eigenvalue weighted by molar-refractivity contribution is 5.90. The number of carbonyl (C=O) groups is 1. The van der Waals surface area contributed by atoms with Crippen molar-refractivity contribution in [1.29, 1.82) is 0 Å². The Morgan fingerprint density at radius 1 is 1.38 bits per heavy atom. The number of esters is 1. The Morgan fingerprint density at radius 3 is 2.67 bits per heavy atom.